The van der Waals surface area contributed by atoms with E-state index in [1.54, 1.807) is 20.3 Å². The molecule has 176 valence electrons. The highest BCUT2D eigenvalue weighted by Gasteiger charge is 2.33. The molecule has 0 unspecified atom stereocenters. The number of ether oxygens (including phenoxy) is 2. The van der Waals surface area contributed by atoms with Gasteiger partial charge in [-0.3, -0.25) is 4.79 Å². The summed E-state index contributed by atoms with van der Waals surface area (Å²) < 4.78 is 37.7. The molecule has 0 atom stereocenters. The number of sulfonamides is 1. The largest absolute Gasteiger partial charge is 0.493 e. The standard InChI is InChI=1S/C25H30N2O5S/c1-31-23-16-21-8-12-26(18-22(21)17-24(23)32-2)25(28)20-9-13-27(14-10-20)33(29,30)15-11-19-6-4-3-5-7-19/h3-7,11,15-17,20H,8-10,12-14,18H2,1-2H3. The van der Waals surface area contributed by atoms with Crippen LogP contribution in [0.5, 0.6) is 11.5 Å². The molecule has 2 aromatic carbocycles. The Morgan fingerprint density at radius 3 is 2.24 bits per heavy atom. The van der Waals surface area contributed by atoms with Crippen molar-refractivity contribution in [1.82, 2.24) is 9.21 Å². The second-order valence-electron chi connectivity index (χ2n) is 8.42. The predicted molar refractivity (Wildman–Crippen MR) is 127 cm³/mol. The van der Waals surface area contributed by atoms with E-state index in [1.165, 1.54) is 15.3 Å². The van der Waals surface area contributed by atoms with Gasteiger partial charge in [0.05, 0.1) is 14.2 Å². The summed E-state index contributed by atoms with van der Waals surface area (Å²) in [7, 11) is -0.286. The van der Waals surface area contributed by atoms with Gasteiger partial charge in [0.1, 0.15) is 0 Å². The first-order valence-electron chi connectivity index (χ1n) is 11.2. The molecule has 0 N–H and O–H groups in total. The van der Waals surface area contributed by atoms with Crippen molar-refractivity contribution in [2.24, 2.45) is 5.92 Å². The Morgan fingerprint density at radius 2 is 1.61 bits per heavy atom. The zero-order chi connectivity index (χ0) is 23.4. The van der Waals surface area contributed by atoms with Gasteiger partial charge >= 0.3 is 0 Å². The molecule has 1 fully saturated rings. The minimum absolute atomic E-state index is 0.104. The molecular weight excluding hydrogens is 440 g/mol. The van der Waals surface area contributed by atoms with Gasteiger partial charge in [0, 0.05) is 37.5 Å². The lowest BCUT2D eigenvalue weighted by Crippen LogP contribution is -2.45. The van der Waals surface area contributed by atoms with Crippen molar-refractivity contribution in [2.75, 3.05) is 33.9 Å². The fourth-order valence-electron chi connectivity index (χ4n) is 4.50. The number of carbonyl (C=O) groups excluding carboxylic acids is 1. The Balaban J connectivity index is 1.36. The van der Waals surface area contributed by atoms with E-state index in [1.807, 2.05) is 47.4 Å². The SMILES string of the molecule is COc1cc2c(cc1OC)CN(C(=O)C1CCN(S(=O)(=O)C=Cc3ccccc3)CC1)CC2. The van der Waals surface area contributed by atoms with E-state index in [9.17, 15) is 13.2 Å². The molecule has 2 aromatic rings. The first kappa shape index (κ1) is 23.3. The van der Waals surface area contributed by atoms with Crippen LogP contribution in [-0.4, -0.2) is 57.4 Å². The number of amides is 1. The highest BCUT2D eigenvalue weighted by atomic mass is 32.2. The quantitative estimate of drug-likeness (QED) is 0.648. The van der Waals surface area contributed by atoms with Crippen molar-refractivity contribution in [3.63, 3.8) is 0 Å². The molecule has 0 aliphatic carbocycles. The highest BCUT2D eigenvalue weighted by Crippen LogP contribution is 2.34. The third-order valence-corrected chi connectivity index (χ3v) is 7.99. The van der Waals surface area contributed by atoms with Crippen LogP contribution in [0.1, 0.15) is 29.5 Å². The van der Waals surface area contributed by atoms with Crippen LogP contribution in [-0.2, 0) is 27.8 Å². The van der Waals surface area contributed by atoms with Crippen LogP contribution in [0.25, 0.3) is 6.08 Å². The normalized spacial score (nSPS) is 17.7. The Kier molecular flexibility index (Phi) is 7.05. The smallest absolute Gasteiger partial charge is 0.236 e. The van der Waals surface area contributed by atoms with Gasteiger partial charge in [-0.15, -0.1) is 0 Å². The maximum atomic E-state index is 13.2. The van der Waals surface area contributed by atoms with Gasteiger partial charge in [0.2, 0.25) is 15.9 Å². The van der Waals surface area contributed by atoms with Crippen molar-refractivity contribution < 1.29 is 22.7 Å². The van der Waals surface area contributed by atoms with Crippen LogP contribution >= 0.6 is 0 Å². The monoisotopic (exact) mass is 470 g/mol. The number of benzene rings is 2. The fraction of sp³-hybridized carbons (Fsp3) is 0.400. The molecule has 0 spiro atoms. The van der Waals surface area contributed by atoms with Crippen molar-refractivity contribution in [3.8, 4) is 11.5 Å². The van der Waals surface area contributed by atoms with Gasteiger partial charge in [0.15, 0.2) is 11.5 Å². The molecule has 33 heavy (non-hydrogen) atoms. The number of rotatable bonds is 6. The van der Waals surface area contributed by atoms with Crippen molar-refractivity contribution >= 4 is 22.0 Å². The van der Waals surface area contributed by atoms with Gasteiger partial charge in [-0.25, -0.2) is 8.42 Å². The van der Waals surface area contributed by atoms with Crippen molar-refractivity contribution in [2.45, 2.75) is 25.8 Å². The molecule has 0 saturated carbocycles. The van der Waals surface area contributed by atoms with Gasteiger partial charge in [-0.05, 0) is 54.2 Å². The summed E-state index contributed by atoms with van der Waals surface area (Å²) in [4.78, 5) is 15.1. The van der Waals surface area contributed by atoms with Crippen LogP contribution in [0.15, 0.2) is 47.9 Å². The average Bonchev–Trinajstić information content (AvgIpc) is 2.86. The van der Waals surface area contributed by atoms with Gasteiger partial charge in [-0.1, -0.05) is 30.3 Å². The van der Waals surface area contributed by atoms with E-state index in [2.05, 4.69) is 0 Å². The maximum absolute atomic E-state index is 13.2. The van der Waals surface area contributed by atoms with E-state index >= 15 is 0 Å². The lowest BCUT2D eigenvalue weighted by atomic mass is 9.93. The summed E-state index contributed by atoms with van der Waals surface area (Å²) in [5.41, 5.74) is 3.08. The molecule has 1 saturated heterocycles. The first-order valence-corrected chi connectivity index (χ1v) is 12.7. The van der Waals surface area contributed by atoms with Crippen LogP contribution < -0.4 is 9.47 Å². The molecule has 0 bridgehead atoms. The first-order chi connectivity index (χ1) is 15.9. The summed E-state index contributed by atoms with van der Waals surface area (Å²) in [6.07, 6.45) is 3.44. The molecule has 2 aliphatic rings. The highest BCUT2D eigenvalue weighted by molar-refractivity contribution is 7.92. The van der Waals surface area contributed by atoms with E-state index in [0.717, 1.165) is 17.5 Å². The summed E-state index contributed by atoms with van der Waals surface area (Å²) in [6.45, 7) is 1.90. The zero-order valence-corrected chi connectivity index (χ0v) is 19.9. The molecule has 1 amide bonds. The van der Waals surface area contributed by atoms with Gasteiger partial charge in [-0.2, -0.15) is 4.31 Å². The van der Waals surface area contributed by atoms with Crippen LogP contribution in [0.2, 0.25) is 0 Å². The summed E-state index contributed by atoms with van der Waals surface area (Å²) in [5, 5.41) is 1.26. The van der Waals surface area contributed by atoms with Gasteiger partial charge in [0.25, 0.3) is 0 Å². The molecular formula is C25H30N2O5S. The third kappa shape index (κ3) is 5.23. The number of nitrogens with zero attached hydrogens (tertiary/aromatic N) is 2. The molecule has 4 rings (SSSR count). The Morgan fingerprint density at radius 1 is 0.970 bits per heavy atom. The Bertz CT molecular complexity index is 1120. The Labute approximate surface area is 195 Å². The molecule has 7 nitrogen and oxygen atoms in total. The molecule has 2 aliphatic heterocycles. The predicted octanol–water partition coefficient (Wildman–Crippen LogP) is 3.30. The number of hydrogen-bond donors (Lipinski definition) is 0. The van der Waals surface area contributed by atoms with E-state index < -0.39 is 10.0 Å². The summed E-state index contributed by atoms with van der Waals surface area (Å²) in [6, 6.07) is 13.3. The minimum atomic E-state index is -3.51. The molecule has 2 heterocycles. The maximum Gasteiger partial charge on any atom is 0.236 e. The number of carbonyl (C=O) groups is 1. The van der Waals surface area contributed by atoms with Crippen LogP contribution in [0, 0.1) is 5.92 Å². The second-order valence-corrected chi connectivity index (χ2v) is 10.2. The lowest BCUT2D eigenvalue weighted by Gasteiger charge is -2.35. The zero-order valence-electron chi connectivity index (χ0n) is 19.1. The van der Waals surface area contributed by atoms with Crippen LogP contribution in [0.4, 0.5) is 0 Å². The summed E-state index contributed by atoms with van der Waals surface area (Å²) >= 11 is 0. The topological polar surface area (TPSA) is 76.2 Å². The summed E-state index contributed by atoms with van der Waals surface area (Å²) in [5.74, 6) is 1.31. The third-order valence-electron chi connectivity index (χ3n) is 6.42. The number of piperidine rings is 1. The Hall–Kier alpha value is -2.84. The van der Waals surface area contributed by atoms with E-state index in [0.29, 0.717) is 50.5 Å². The second kappa shape index (κ2) is 9.97. The average molecular weight is 471 g/mol. The number of fused-ring (bicyclic) bond motifs is 1. The molecule has 0 radical (unpaired) electrons. The number of methoxy groups -OCH3 is 2. The van der Waals surface area contributed by atoms with E-state index in [4.69, 9.17) is 9.47 Å². The fourth-order valence-corrected chi connectivity index (χ4v) is 5.72. The molecule has 0 aromatic heterocycles. The lowest BCUT2D eigenvalue weighted by molar-refractivity contribution is -0.137. The van der Waals surface area contributed by atoms with E-state index in [-0.39, 0.29) is 11.8 Å². The van der Waals surface area contributed by atoms with Gasteiger partial charge < -0.3 is 14.4 Å². The van der Waals surface area contributed by atoms with Crippen LogP contribution in [0.3, 0.4) is 0 Å². The number of hydrogen-bond acceptors (Lipinski definition) is 5. The van der Waals surface area contributed by atoms with Crippen molar-refractivity contribution in [3.05, 3.63) is 64.6 Å². The minimum Gasteiger partial charge on any atom is -0.493 e. The van der Waals surface area contributed by atoms with Crippen molar-refractivity contribution in [1.29, 1.82) is 0 Å². The molecule has 8 heteroatoms.